The van der Waals surface area contributed by atoms with Gasteiger partial charge in [-0.3, -0.25) is 10.1 Å². The first-order chi connectivity index (χ1) is 12.1. The Morgan fingerprint density at radius 2 is 1.56 bits per heavy atom. The molecule has 4 nitrogen and oxygen atoms in total. The maximum absolute atomic E-state index is 11.6. The highest BCUT2D eigenvalue weighted by Crippen LogP contribution is 2.39. The standard InChI is InChI=1S/C21H20N2O2/c1-15(2)17-11-6-7-13-19(17)22-21-18(16-9-4-3-5-10-16)12-8-14-20(21)23(24)25/h3-15,22H,1-2H3. The highest BCUT2D eigenvalue weighted by atomic mass is 16.6. The van der Waals surface area contributed by atoms with Gasteiger partial charge in [-0.2, -0.15) is 0 Å². The molecule has 0 aromatic heterocycles. The van der Waals surface area contributed by atoms with Crippen molar-refractivity contribution in [2.24, 2.45) is 0 Å². The lowest BCUT2D eigenvalue weighted by Gasteiger charge is -2.17. The molecular weight excluding hydrogens is 312 g/mol. The molecule has 0 saturated heterocycles. The Bertz CT molecular complexity index is 889. The number of nitrogens with zero attached hydrogens (tertiary/aromatic N) is 1. The number of hydrogen-bond donors (Lipinski definition) is 1. The van der Waals surface area contributed by atoms with E-state index in [2.05, 4.69) is 19.2 Å². The molecule has 0 aliphatic rings. The van der Waals surface area contributed by atoms with Crippen LogP contribution >= 0.6 is 0 Å². The summed E-state index contributed by atoms with van der Waals surface area (Å²) in [7, 11) is 0. The average molecular weight is 332 g/mol. The summed E-state index contributed by atoms with van der Waals surface area (Å²) in [4.78, 5) is 11.2. The SMILES string of the molecule is CC(C)c1ccccc1Nc1c(-c2ccccc2)cccc1[N+](=O)[O-]. The number of nitro benzene ring substituents is 1. The van der Waals surface area contributed by atoms with Gasteiger partial charge in [-0.05, 0) is 23.1 Å². The molecule has 3 rings (SSSR count). The van der Waals surface area contributed by atoms with Gasteiger partial charge in [0.15, 0.2) is 0 Å². The number of para-hydroxylation sites is 2. The molecule has 0 bridgehead atoms. The predicted molar refractivity (Wildman–Crippen MR) is 102 cm³/mol. The summed E-state index contributed by atoms with van der Waals surface area (Å²) < 4.78 is 0. The van der Waals surface area contributed by atoms with Crippen LogP contribution in [0.25, 0.3) is 11.1 Å². The zero-order valence-electron chi connectivity index (χ0n) is 14.3. The van der Waals surface area contributed by atoms with Crippen molar-refractivity contribution < 1.29 is 4.92 Å². The Morgan fingerprint density at radius 3 is 2.24 bits per heavy atom. The van der Waals surface area contributed by atoms with Crippen molar-refractivity contribution in [2.45, 2.75) is 19.8 Å². The molecule has 0 aliphatic heterocycles. The smallest absolute Gasteiger partial charge is 0.293 e. The Kier molecular flexibility index (Phi) is 4.80. The second-order valence-corrected chi connectivity index (χ2v) is 6.19. The Balaban J connectivity index is 2.16. The highest BCUT2D eigenvalue weighted by Gasteiger charge is 2.19. The molecule has 3 aromatic carbocycles. The van der Waals surface area contributed by atoms with Gasteiger partial charge in [0.1, 0.15) is 5.69 Å². The molecule has 0 amide bonds. The number of hydrogen-bond acceptors (Lipinski definition) is 3. The largest absolute Gasteiger partial charge is 0.349 e. The molecular formula is C21H20N2O2. The summed E-state index contributed by atoms with van der Waals surface area (Å²) in [5.41, 5.74) is 4.36. The summed E-state index contributed by atoms with van der Waals surface area (Å²) in [6.45, 7) is 4.22. The van der Waals surface area contributed by atoms with E-state index in [0.717, 1.165) is 22.4 Å². The Labute approximate surface area is 147 Å². The van der Waals surface area contributed by atoms with Gasteiger partial charge in [0.05, 0.1) is 4.92 Å². The lowest BCUT2D eigenvalue weighted by molar-refractivity contribution is -0.383. The van der Waals surface area contributed by atoms with E-state index >= 15 is 0 Å². The molecule has 1 N–H and O–H groups in total. The van der Waals surface area contributed by atoms with Crippen molar-refractivity contribution in [3.8, 4) is 11.1 Å². The van der Waals surface area contributed by atoms with E-state index in [-0.39, 0.29) is 10.6 Å². The average Bonchev–Trinajstić information content (AvgIpc) is 2.62. The fraction of sp³-hybridized carbons (Fsp3) is 0.143. The number of nitrogens with one attached hydrogen (secondary N) is 1. The van der Waals surface area contributed by atoms with Crippen molar-refractivity contribution in [3.63, 3.8) is 0 Å². The van der Waals surface area contributed by atoms with Gasteiger partial charge >= 0.3 is 0 Å². The monoisotopic (exact) mass is 332 g/mol. The van der Waals surface area contributed by atoms with E-state index in [1.807, 2.05) is 60.7 Å². The molecule has 0 fully saturated rings. The maximum atomic E-state index is 11.6. The van der Waals surface area contributed by atoms with Crippen LogP contribution in [0.2, 0.25) is 0 Å². The fourth-order valence-electron chi connectivity index (χ4n) is 2.93. The second-order valence-electron chi connectivity index (χ2n) is 6.19. The molecule has 0 heterocycles. The van der Waals surface area contributed by atoms with Crippen LogP contribution in [0.3, 0.4) is 0 Å². The van der Waals surface area contributed by atoms with Crippen molar-refractivity contribution in [1.29, 1.82) is 0 Å². The Morgan fingerprint density at radius 1 is 0.880 bits per heavy atom. The molecule has 3 aromatic rings. The van der Waals surface area contributed by atoms with Crippen LogP contribution in [-0.2, 0) is 0 Å². The molecule has 126 valence electrons. The lowest BCUT2D eigenvalue weighted by atomic mass is 9.99. The molecule has 0 spiro atoms. The van der Waals surface area contributed by atoms with Crippen LogP contribution in [0.15, 0.2) is 72.8 Å². The van der Waals surface area contributed by atoms with E-state index in [1.165, 1.54) is 6.07 Å². The van der Waals surface area contributed by atoms with Gasteiger partial charge in [-0.1, -0.05) is 74.5 Å². The minimum Gasteiger partial charge on any atom is -0.349 e. The molecule has 0 radical (unpaired) electrons. The quantitative estimate of drug-likeness (QED) is 0.452. The van der Waals surface area contributed by atoms with Crippen LogP contribution in [0.5, 0.6) is 0 Å². The van der Waals surface area contributed by atoms with Crippen LogP contribution in [-0.4, -0.2) is 4.92 Å². The van der Waals surface area contributed by atoms with Gasteiger partial charge in [0, 0.05) is 17.3 Å². The second kappa shape index (κ2) is 7.18. The summed E-state index contributed by atoms with van der Waals surface area (Å²) >= 11 is 0. The summed E-state index contributed by atoms with van der Waals surface area (Å²) in [5.74, 6) is 0.312. The third-order valence-electron chi connectivity index (χ3n) is 4.17. The third-order valence-corrected chi connectivity index (χ3v) is 4.17. The summed E-state index contributed by atoms with van der Waals surface area (Å²) in [6.07, 6.45) is 0. The van der Waals surface area contributed by atoms with Crippen molar-refractivity contribution in [1.82, 2.24) is 0 Å². The van der Waals surface area contributed by atoms with Crippen LogP contribution < -0.4 is 5.32 Å². The molecule has 4 heteroatoms. The van der Waals surface area contributed by atoms with Crippen molar-refractivity contribution in [3.05, 3.63) is 88.5 Å². The zero-order chi connectivity index (χ0) is 17.8. The molecule has 0 saturated carbocycles. The third kappa shape index (κ3) is 3.53. The molecule has 25 heavy (non-hydrogen) atoms. The minimum absolute atomic E-state index is 0.0694. The van der Waals surface area contributed by atoms with Crippen molar-refractivity contribution >= 4 is 17.1 Å². The van der Waals surface area contributed by atoms with Crippen LogP contribution in [0, 0.1) is 10.1 Å². The first-order valence-electron chi connectivity index (χ1n) is 8.26. The number of anilines is 2. The van der Waals surface area contributed by atoms with E-state index in [4.69, 9.17) is 0 Å². The fourth-order valence-corrected chi connectivity index (χ4v) is 2.93. The molecule has 0 aliphatic carbocycles. The van der Waals surface area contributed by atoms with Crippen LogP contribution in [0.4, 0.5) is 17.1 Å². The number of rotatable bonds is 5. The van der Waals surface area contributed by atoms with Gasteiger partial charge < -0.3 is 5.32 Å². The van der Waals surface area contributed by atoms with Gasteiger partial charge in [0.2, 0.25) is 0 Å². The first-order valence-corrected chi connectivity index (χ1v) is 8.26. The van der Waals surface area contributed by atoms with E-state index in [0.29, 0.717) is 11.6 Å². The number of nitro groups is 1. The minimum atomic E-state index is -0.341. The van der Waals surface area contributed by atoms with Crippen molar-refractivity contribution in [2.75, 3.05) is 5.32 Å². The Hall–Kier alpha value is -3.14. The predicted octanol–water partition coefficient (Wildman–Crippen LogP) is 6.13. The topological polar surface area (TPSA) is 55.2 Å². The highest BCUT2D eigenvalue weighted by molar-refractivity contribution is 5.87. The van der Waals surface area contributed by atoms with Gasteiger partial charge in [-0.25, -0.2) is 0 Å². The van der Waals surface area contributed by atoms with Gasteiger partial charge in [-0.15, -0.1) is 0 Å². The molecule has 0 unspecified atom stereocenters. The van der Waals surface area contributed by atoms with Crippen LogP contribution in [0.1, 0.15) is 25.3 Å². The van der Waals surface area contributed by atoms with Gasteiger partial charge in [0.25, 0.3) is 5.69 Å². The zero-order valence-corrected chi connectivity index (χ0v) is 14.3. The number of benzene rings is 3. The maximum Gasteiger partial charge on any atom is 0.293 e. The summed E-state index contributed by atoms with van der Waals surface area (Å²) in [6, 6.07) is 22.8. The summed E-state index contributed by atoms with van der Waals surface area (Å²) in [5, 5.41) is 14.9. The van der Waals surface area contributed by atoms with E-state index in [1.54, 1.807) is 6.07 Å². The normalized spacial score (nSPS) is 10.7. The first kappa shape index (κ1) is 16.7. The van der Waals surface area contributed by atoms with E-state index in [9.17, 15) is 10.1 Å². The molecule has 0 atom stereocenters. The van der Waals surface area contributed by atoms with E-state index < -0.39 is 0 Å². The lowest BCUT2D eigenvalue weighted by Crippen LogP contribution is -2.02.